The Balaban J connectivity index is 2.36. The van der Waals surface area contributed by atoms with Gasteiger partial charge in [0.05, 0.1) is 6.61 Å². The summed E-state index contributed by atoms with van der Waals surface area (Å²) in [7, 11) is 3.99. The second-order valence-electron chi connectivity index (χ2n) is 5.61. The van der Waals surface area contributed by atoms with Gasteiger partial charge in [-0.15, -0.1) is 0 Å². The summed E-state index contributed by atoms with van der Waals surface area (Å²) in [5, 5.41) is 0. The molecule has 0 aliphatic carbocycles. The molecule has 0 aromatic carbocycles. The van der Waals surface area contributed by atoms with E-state index in [-0.39, 0.29) is 19.0 Å². The minimum atomic E-state index is -1.00. The molecule has 20 heavy (non-hydrogen) atoms. The molecule has 1 aliphatic heterocycles. The van der Waals surface area contributed by atoms with E-state index < -0.39 is 5.97 Å². The number of Topliss-reactive ketones (excluding diaryl/α,β-unsaturated/α-hetero) is 1. The highest BCUT2D eigenvalue weighted by atomic mass is 16.9. The molecule has 0 bridgehead atoms. The van der Waals surface area contributed by atoms with Crippen LogP contribution in [0.15, 0.2) is 0 Å². The number of ether oxygens (including phenoxy) is 3. The van der Waals surface area contributed by atoms with Crippen molar-refractivity contribution in [2.45, 2.75) is 51.4 Å². The van der Waals surface area contributed by atoms with Gasteiger partial charge in [-0.25, -0.2) is 0 Å². The number of carbonyl (C=O) groups is 1. The maximum atomic E-state index is 11.2. The SMILES string of the molecule is CCCCCCCC1(OCCN(C)C)OCC(=O)CO1. The Kier molecular flexibility index (Phi) is 8.30. The van der Waals surface area contributed by atoms with Crippen molar-refractivity contribution in [3.8, 4) is 0 Å². The smallest absolute Gasteiger partial charge is 0.283 e. The van der Waals surface area contributed by atoms with E-state index >= 15 is 0 Å². The van der Waals surface area contributed by atoms with Crippen LogP contribution in [0.1, 0.15) is 45.4 Å². The summed E-state index contributed by atoms with van der Waals surface area (Å²) >= 11 is 0. The van der Waals surface area contributed by atoms with Crippen LogP contribution in [-0.4, -0.2) is 57.1 Å². The highest BCUT2D eigenvalue weighted by Gasteiger charge is 2.38. The molecule has 0 aromatic rings. The summed E-state index contributed by atoms with van der Waals surface area (Å²) < 4.78 is 16.9. The van der Waals surface area contributed by atoms with Gasteiger partial charge in [0.15, 0.2) is 5.78 Å². The van der Waals surface area contributed by atoms with Crippen LogP contribution < -0.4 is 0 Å². The van der Waals surface area contributed by atoms with Gasteiger partial charge in [-0.05, 0) is 20.5 Å². The third-order valence-electron chi connectivity index (χ3n) is 3.35. The van der Waals surface area contributed by atoms with Crippen LogP contribution >= 0.6 is 0 Å². The number of rotatable bonds is 10. The average Bonchev–Trinajstić information content (AvgIpc) is 2.41. The van der Waals surface area contributed by atoms with Gasteiger partial charge in [0.1, 0.15) is 13.2 Å². The lowest BCUT2D eigenvalue weighted by Gasteiger charge is -2.36. The van der Waals surface area contributed by atoms with Crippen LogP contribution in [0.25, 0.3) is 0 Å². The number of carbonyl (C=O) groups excluding carboxylic acids is 1. The van der Waals surface area contributed by atoms with Crippen LogP contribution in [0.3, 0.4) is 0 Å². The van der Waals surface area contributed by atoms with Gasteiger partial charge in [0, 0.05) is 13.0 Å². The molecule has 1 saturated heterocycles. The fourth-order valence-electron chi connectivity index (χ4n) is 2.09. The third-order valence-corrected chi connectivity index (χ3v) is 3.35. The van der Waals surface area contributed by atoms with Crippen molar-refractivity contribution < 1.29 is 19.0 Å². The highest BCUT2D eigenvalue weighted by Crippen LogP contribution is 2.26. The van der Waals surface area contributed by atoms with Crippen LogP contribution in [0, 0.1) is 0 Å². The molecule has 0 amide bonds. The van der Waals surface area contributed by atoms with E-state index in [0.717, 1.165) is 19.4 Å². The van der Waals surface area contributed by atoms with E-state index in [1.807, 2.05) is 19.0 Å². The van der Waals surface area contributed by atoms with E-state index in [1.165, 1.54) is 19.3 Å². The molecule has 1 aliphatic rings. The Hall–Kier alpha value is -0.490. The average molecular weight is 287 g/mol. The first-order chi connectivity index (χ1) is 9.58. The minimum absolute atomic E-state index is 0.0252. The fourth-order valence-corrected chi connectivity index (χ4v) is 2.09. The van der Waals surface area contributed by atoms with E-state index in [9.17, 15) is 4.79 Å². The molecular weight excluding hydrogens is 258 g/mol. The number of hydrogen-bond donors (Lipinski definition) is 0. The molecule has 0 atom stereocenters. The van der Waals surface area contributed by atoms with Gasteiger partial charge in [0.2, 0.25) is 0 Å². The Bertz CT molecular complexity index is 271. The molecular formula is C15H29NO4. The Labute approximate surface area is 122 Å². The first-order valence-electron chi connectivity index (χ1n) is 7.66. The summed E-state index contributed by atoms with van der Waals surface area (Å²) in [6.07, 6.45) is 6.55. The standard InChI is InChI=1S/C15H29NO4/c1-4-5-6-7-8-9-15(18-11-10-16(2)3)19-12-14(17)13-20-15/h4-13H2,1-3H3. The fraction of sp³-hybridized carbons (Fsp3) is 0.933. The van der Waals surface area contributed by atoms with Crippen molar-refractivity contribution in [2.75, 3.05) is 40.5 Å². The van der Waals surface area contributed by atoms with Gasteiger partial charge in [0.25, 0.3) is 5.97 Å². The van der Waals surface area contributed by atoms with E-state index in [1.54, 1.807) is 0 Å². The first-order valence-corrected chi connectivity index (χ1v) is 7.66. The molecule has 0 spiro atoms. The van der Waals surface area contributed by atoms with Crippen LogP contribution in [0.5, 0.6) is 0 Å². The number of nitrogens with zero attached hydrogens (tertiary/aromatic N) is 1. The molecule has 5 nitrogen and oxygen atoms in total. The van der Waals surface area contributed by atoms with Gasteiger partial charge in [-0.1, -0.05) is 32.6 Å². The lowest BCUT2D eigenvalue weighted by Crippen LogP contribution is -2.47. The quantitative estimate of drug-likeness (QED) is 0.576. The Morgan fingerprint density at radius 3 is 2.40 bits per heavy atom. The molecule has 5 heteroatoms. The number of likely N-dealkylation sites (N-methyl/N-ethyl adjacent to an activating group) is 1. The van der Waals surface area contributed by atoms with Gasteiger partial charge in [-0.2, -0.15) is 0 Å². The first kappa shape index (κ1) is 17.6. The minimum Gasteiger partial charge on any atom is -0.326 e. The van der Waals surface area contributed by atoms with Gasteiger partial charge < -0.3 is 19.1 Å². The zero-order chi connectivity index (χ0) is 14.8. The molecule has 0 radical (unpaired) electrons. The number of ketones is 1. The van der Waals surface area contributed by atoms with Crippen molar-refractivity contribution in [1.29, 1.82) is 0 Å². The molecule has 1 rings (SSSR count). The summed E-state index contributed by atoms with van der Waals surface area (Å²) in [6, 6.07) is 0. The van der Waals surface area contributed by atoms with Crippen molar-refractivity contribution in [1.82, 2.24) is 4.90 Å². The van der Waals surface area contributed by atoms with Crippen molar-refractivity contribution in [2.24, 2.45) is 0 Å². The Morgan fingerprint density at radius 1 is 1.15 bits per heavy atom. The second kappa shape index (κ2) is 9.45. The molecule has 0 saturated carbocycles. The molecule has 0 aromatic heterocycles. The largest absolute Gasteiger partial charge is 0.326 e. The van der Waals surface area contributed by atoms with Crippen LogP contribution in [0.2, 0.25) is 0 Å². The van der Waals surface area contributed by atoms with E-state index in [4.69, 9.17) is 14.2 Å². The Morgan fingerprint density at radius 2 is 1.80 bits per heavy atom. The van der Waals surface area contributed by atoms with Crippen molar-refractivity contribution >= 4 is 5.78 Å². The topological polar surface area (TPSA) is 48.0 Å². The maximum Gasteiger partial charge on any atom is 0.283 e. The van der Waals surface area contributed by atoms with Crippen molar-refractivity contribution in [3.05, 3.63) is 0 Å². The van der Waals surface area contributed by atoms with Crippen molar-refractivity contribution in [3.63, 3.8) is 0 Å². The predicted octanol–water partition coefficient (Wildman–Crippen LogP) is 2.19. The van der Waals surface area contributed by atoms with Crippen LogP contribution in [0.4, 0.5) is 0 Å². The molecule has 1 fully saturated rings. The predicted molar refractivity (Wildman–Crippen MR) is 77.5 cm³/mol. The molecule has 1 heterocycles. The van der Waals surface area contributed by atoms with E-state index in [0.29, 0.717) is 13.0 Å². The van der Waals surface area contributed by atoms with Gasteiger partial charge in [-0.3, -0.25) is 4.79 Å². The third kappa shape index (κ3) is 6.79. The second-order valence-corrected chi connectivity index (χ2v) is 5.61. The maximum absolute atomic E-state index is 11.2. The van der Waals surface area contributed by atoms with E-state index in [2.05, 4.69) is 6.92 Å². The zero-order valence-electron chi connectivity index (χ0n) is 13.2. The van der Waals surface area contributed by atoms with Gasteiger partial charge >= 0.3 is 0 Å². The monoisotopic (exact) mass is 287 g/mol. The molecule has 0 unspecified atom stereocenters. The number of unbranched alkanes of at least 4 members (excludes halogenated alkanes) is 4. The lowest BCUT2D eigenvalue weighted by molar-refractivity contribution is -0.389. The number of hydrogen-bond acceptors (Lipinski definition) is 5. The summed E-state index contributed by atoms with van der Waals surface area (Å²) in [5.74, 6) is -1.03. The van der Waals surface area contributed by atoms with Crippen LogP contribution in [-0.2, 0) is 19.0 Å². The highest BCUT2D eigenvalue weighted by molar-refractivity contribution is 5.81. The summed E-state index contributed by atoms with van der Waals surface area (Å²) in [5.41, 5.74) is 0. The molecule has 118 valence electrons. The summed E-state index contributed by atoms with van der Waals surface area (Å²) in [4.78, 5) is 13.3. The lowest BCUT2D eigenvalue weighted by atomic mass is 10.1. The zero-order valence-corrected chi connectivity index (χ0v) is 13.2. The molecule has 0 N–H and O–H groups in total. The summed E-state index contributed by atoms with van der Waals surface area (Å²) in [6.45, 7) is 3.73. The normalized spacial score (nSPS) is 18.7.